The number of hydrogen-bond acceptors (Lipinski definition) is 4. The first-order valence-electron chi connectivity index (χ1n) is 6.69. The Morgan fingerprint density at radius 3 is 2.61 bits per heavy atom. The van der Waals surface area contributed by atoms with E-state index in [1.807, 2.05) is 0 Å². The van der Waals surface area contributed by atoms with Gasteiger partial charge >= 0.3 is 0 Å². The van der Waals surface area contributed by atoms with Crippen LogP contribution in [0.15, 0.2) is 0 Å². The summed E-state index contributed by atoms with van der Waals surface area (Å²) in [4.78, 5) is 11.8. The SMILES string of the molecule is COCCOCC(=O)NC1(CN)CCC(C)CC1. The molecule has 5 heteroatoms. The molecule has 0 aliphatic heterocycles. The zero-order valence-corrected chi connectivity index (χ0v) is 11.5. The summed E-state index contributed by atoms with van der Waals surface area (Å²) in [5, 5.41) is 3.05. The average Bonchev–Trinajstić information content (AvgIpc) is 2.38. The molecule has 0 heterocycles. The molecular weight excluding hydrogens is 232 g/mol. The van der Waals surface area contributed by atoms with E-state index in [0.717, 1.165) is 31.6 Å². The highest BCUT2D eigenvalue weighted by atomic mass is 16.5. The van der Waals surface area contributed by atoms with Crippen molar-refractivity contribution in [3.8, 4) is 0 Å². The van der Waals surface area contributed by atoms with Gasteiger partial charge in [-0.25, -0.2) is 0 Å². The number of methoxy groups -OCH3 is 1. The third kappa shape index (κ3) is 4.92. The third-order valence-electron chi connectivity index (χ3n) is 3.69. The molecule has 106 valence electrons. The first-order valence-corrected chi connectivity index (χ1v) is 6.69. The predicted molar refractivity (Wildman–Crippen MR) is 70.3 cm³/mol. The number of amides is 1. The maximum atomic E-state index is 11.8. The van der Waals surface area contributed by atoms with E-state index >= 15 is 0 Å². The second kappa shape index (κ2) is 7.71. The third-order valence-corrected chi connectivity index (χ3v) is 3.69. The van der Waals surface area contributed by atoms with Gasteiger partial charge in [0.15, 0.2) is 0 Å². The van der Waals surface area contributed by atoms with E-state index in [9.17, 15) is 4.79 Å². The van der Waals surface area contributed by atoms with Gasteiger partial charge in [0.25, 0.3) is 0 Å². The quantitative estimate of drug-likeness (QED) is 0.658. The standard InChI is InChI=1S/C13H26N2O3/c1-11-3-5-13(10-14,6-4-11)15-12(16)9-18-8-7-17-2/h11H,3-10,14H2,1-2H3,(H,15,16). The summed E-state index contributed by atoms with van der Waals surface area (Å²) in [7, 11) is 1.61. The largest absolute Gasteiger partial charge is 0.382 e. The molecule has 1 saturated carbocycles. The fourth-order valence-electron chi connectivity index (χ4n) is 2.33. The molecule has 1 aliphatic rings. The van der Waals surface area contributed by atoms with Crippen LogP contribution < -0.4 is 11.1 Å². The van der Waals surface area contributed by atoms with E-state index in [-0.39, 0.29) is 18.1 Å². The van der Waals surface area contributed by atoms with Crippen LogP contribution in [0.5, 0.6) is 0 Å². The van der Waals surface area contributed by atoms with Crippen LogP contribution in [0.3, 0.4) is 0 Å². The van der Waals surface area contributed by atoms with Crippen molar-refractivity contribution in [3.05, 3.63) is 0 Å². The van der Waals surface area contributed by atoms with E-state index in [4.69, 9.17) is 15.2 Å². The smallest absolute Gasteiger partial charge is 0.246 e. The van der Waals surface area contributed by atoms with Crippen LogP contribution in [0.4, 0.5) is 0 Å². The summed E-state index contributed by atoms with van der Waals surface area (Å²) in [6.45, 7) is 3.78. The van der Waals surface area contributed by atoms with Crippen molar-refractivity contribution >= 4 is 5.91 Å². The number of nitrogens with one attached hydrogen (secondary N) is 1. The highest BCUT2D eigenvalue weighted by molar-refractivity contribution is 5.78. The Bertz CT molecular complexity index is 251. The molecule has 0 aromatic rings. The lowest BCUT2D eigenvalue weighted by Gasteiger charge is -2.39. The van der Waals surface area contributed by atoms with Gasteiger partial charge in [-0.1, -0.05) is 6.92 Å². The van der Waals surface area contributed by atoms with Gasteiger partial charge < -0.3 is 20.5 Å². The number of nitrogens with two attached hydrogens (primary N) is 1. The monoisotopic (exact) mass is 258 g/mol. The molecule has 0 bridgehead atoms. The van der Waals surface area contributed by atoms with Gasteiger partial charge in [-0.05, 0) is 31.6 Å². The van der Waals surface area contributed by atoms with Crippen molar-refractivity contribution < 1.29 is 14.3 Å². The van der Waals surface area contributed by atoms with E-state index in [1.54, 1.807) is 7.11 Å². The summed E-state index contributed by atoms with van der Waals surface area (Å²) >= 11 is 0. The molecule has 18 heavy (non-hydrogen) atoms. The van der Waals surface area contributed by atoms with Crippen molar-refractivity contribution in [2.24, 2.45) is 11.7 Å². The average molecular weight is 258 g/mol. The zero-order chi connectivity index (χ0) is 13.4. The molecule has 5 nitrogen and oxygen atoms in total. The van der Waals surface area contributed by atoms with E-state index in [1.165, 1.54) is 0 Å². The Kier molecular flexibility index (Phi) is 6.60. The van der Waals surface area contributed by atoms with Crippen LogP contribution in [0, 0.1) is 5.92 Å². The molecule has 1 aliphatic carbocycles. The molecule has 3 N–H and O–H groups in total. The first kappa shape index (κ1) is 15.4. The van der Waals surface area contributed by atoms with Gasteiger partial charge in [0, 0.05) is 13.7 Å². The molecule has 1 rings (SSSR count). The van der Waals surface area contributed by atoms with Crippen LogP contribution in [-0.2, 0) is 14.3 Å². The van der Waals surface area contributed by atoms with Gasteiger partial charge in [-0.15, -0.1) is 0 Å². The Hall–Kier alpha value is -0.650. The second-order valence-corrected chi connectivity index (χ2v) is 5.26. The highest BCUT2D eigenvalue weighted by Crippen LogP contribution is 2.31. The normalized spacial score (nSPS) is 28.1. The molecule has 0 unspecified atom stereocenters. The van der Waals surface area contributed by atoms with E-state index in [0.29, 0.717) is 19.8 Å². The van der Waals surface area contributed by atoms with E-state index in [2.05, 4.69) is 12.2 Å². The Morgan fingerprint density at radius 2 is 2.06 bits per heavy atom. The Morgan fingerprint density at radius 1 is 1.39 bits per heavy atom. The summed E-state index contributed by atoms with van der Waals surface area (Å²) < 4.78 is 10.1. The Balaban J connectivity index is 2.31. The number of hydrogen-bond donors (Lipinski definition) is 2. The number of ether oxygens (including phenoxy) is 2. The fourth-order valence-corrected chi connectivity index (χ4v) is 2.33. The maximum absolute atomic E-state index is 11.8. The highest BCUT2D eigenvalue weighted by Gasteiger charge is 2.34. The second-order valence-electron chi connectivity index (χ2n) is 5.26. The van der Waals surface area contributed by atoms with Gasteiger partial charge in [0.2, 0.25) is 5.91 Å². The lowest BCUT2D eigenvalue weighted by atomic mass is 9.77. The van der Waals surface area contributed by atoms with Gasteiger partial charge in [-0.2, -0.15) is 0 Å². The molecule has 1 fully saturated rings. The Labute approximate surface area is 109 Å². The van der Waals surface area contributed by atoms with E-state index < -0.39 is 0 Å². The molecular formula is C13H26N2O3. The molecule has 0 radical (unpaired) electrons. The molecule has 0 aromatic carbocycles. The van der Waals surface area contributed by atoms with Gasteiger partial charge in [0.1, 0.15) is 6.61 Å². The number of rotatable bonds is 7. The van der Waals surface area contributed by atoms with Crippen molar-refractivity contribution in [3.63, 3.8) is 0 Å². The lowest BCUT2D eigenvalue weighted by molar-refractivity contribution is -0.128. The van der Waals surface area contributed by atoms with Crippen LogP contribution >= 0.6 is 0 Å². The van der Waals surface area contributed by atoms with Crippen LogP contribution in [0.2, 0.25) is 0 Å². The summed E-state index contributed by atoms with van der Waals surface area (Å²) in [6.07, 6.45) is 4.19. The summed E-state index contributed by atoms with van der Waals surface area (Å²) in [5.41, 5.74) is 5.62. The predicted octanol–water partition coefficient (Wildman–Crippen LogP) is 0.673. The van der Waals surface area contributed by atoms with Crippen molar-refractivity contribution in [1.82, 2.24) is 5.32 Å². The van der Waals surface area contributed by atoms with Gasteiger partial charge in [-0.3, -0.25) is 4.79 Å². The maximum Gasteiger partial charge on any atom is 0.246 e. The first-order chi connectivity index (χ1) is 8.62. The van der Waals surface area contributed by atoms with Gasteiger partial charge in [0.05, 0.1) is 18.8 Å². The molecule has 0 aromatic heterocycles. The van der Waals surface area contributed by atoms with Crippen molar-refractivity contribution in [2.75, 3.05) is 33.5 Å². The minimum absolute atomic E-state index is 0.0777. The summed E-state index contributed by atoms with van der Waals surface area (Å²) in [5.74, 6) is 0.658. The van der Waals surface area contributed by atoms with Crippen LogP contribution in [0.25, 0.3) is 0 Å². The molecule has 0 saturated heterocycles. The molecule has 1 amide bonds. The fraction of sp³-hybridized carbons (Fsp3) is 0.923. The minimum atomic E-state index is -0.214. The topological polar surface area (TPSA) is 73.6 Å². The number of carbonyl (C=O) groups excluding carboxylic acids is 1. The van der Waals surface area contributed by atoms with Crippen LogP contribution in [-0.4, -0.2) is 44.9 Å². The van der Waals surface area contributed by atoms with Crippen LogP contribution in [0.1, 0.15) is 32.6 Å². The number of carbonyl (C=O) groups is 1. The molecule has 0 spiro atoms. The van der Waals surface area contributed by atoms with Crippen molar-refractivity contribution in [1.29, 1.82) is 0 Å². The lowest BCUT2D eigenvalue weighted by Crippen LogP contribution is -2.56. The molecule has 0 atom stereocenters. The van der Waals surface area contributed by atoms with Crippen molar-refractivity contribution in [2.45, 2.75) is 38.1 Å². The summed E-state index contributed by atoms with van der Waals surface area (Å²) in [6, 6.07) is 0. The zero-order valence-electron chi connectivity index (χ0n) is 11.5. The minimum Gasteiger partial charge on any atom is -0.382 e.